The number of aliphatic imine (C=N–C) groups is 1. The van der Waals surface area contributed by atoms with Crippen LogP contribution in [0, 0.1) is 12.8 Å². The molecule has 0 fully saturated rings. The Morgan fingerprint density at radius 1 is 0.923 bits per heavy atom. The molecule has 6 rings (SSSR count). The number of hydrogen-bond donors (Lipinski definition) is 1. The molecular formula is C33H27Cl3N2O. The van der Waals surface area contributed by atoms with E-state index in [1.165, 1.54) is 22.4 Å². The zero-order valence-corrected chi connectivity index (χ0v) is 23.6. The van der Waals surface area contributed by atoms with Gasteiger partial charge < -0.3 is 10.1 Å². The van der Waals surface area contributed by atoms with Gasteiger partial charge in [-0.1, -0.05) is 82.9 Å². The van der Waals surface area contributed by atoms with Crippen molar-refractivity contribution < 1.29 is 4.74 Å². The summed E-state index contributed by atoms with van der Waals surface area (Å²) in [6, 6.07) is 26.5. The first-order valence-corrected chi connectivity index (χ1v) is 14.1. The largest absolute Gasteiger partial charge is 0.487 e. The molecule has 1 aliphatic carbocycles. The minimum atomic E-state index is 0.271. The summed E-state index contributed by atoms with van der Waals surface area (Å²) < 4.78 is 5.88. The van der Waals surface area contributed by atoms with E-state index >= 15 is 0 Å². The highest BCUT2D eigenvalue weighted by atomic mass is 35.5. The predicted octanol–water partition coefficient (Wildman–Crippen LogP) is 10.1. The Kier molecular flexibility index (Phi) is 7.40. The topological polar surface area (TPSA) is 33.6 Å². The SMILES string of the molecule is Cc1ccc2c(c1)[C@@H]1C=CC[C@@H]1[C@H](c1ccc(N=Cc3ccc(OCc4ccc(Cl)cc4Cl)c(Cl)c3)cc1)N2. The highest BCUT2D eigenvalue weighted by molar-refractivity contribution is 6.35. The Hall–Kier alpha value is -3.24. The first-order valence-electron chi connectivity index (χ1n) is 13.0. The average Bonchev–Trinajstić information content (AvgIpc) is 3.43. The quantitative estimate of drug-likeness (QED) is 0.184. The van der Waals surface area contributed by atoms with Gasteiger partial charge in [0.25, 0.3) is 0 Å². The molecule has 3 atom stereocenters. The van der Waals surface area contributed by atoms with Gasteiger partial charge in [-0.2, -0.15) is 0 Å². The summed E-state index contributed by atoms with van der Waals surface area (Å²) in [5.41, 5.74) is 7.86. The number of rotatable bonds is 6. The van der Waals surface area contributed by atoms with E-state index in [0.717, 1.165) is 23.2 Å². The minimum Gasteiger partial charge on any atom is -0.487 e. The van der Waals surface area contributed by atoms with Gasteiger partial charge in [-0.3, -0.25) is 4.99 Å². The van der Waals surface area contributed by atoms with Crippen LogP contribution in [-0.2, 0) is 6.61 Å². The smallest absolute Gasteiger partial charge is 0.138 e. The van der Waals surface area contributed by atoms with E-state index in [-0.39, 0.29) is 6.04 Å². The second-order valence-electron chi connectivity index (χ2n) is 10.1. The predicted molar refractivity (Wildman–Crippen MR) is 163 cm³/mol. The normalized spacial score (nSPS) is 19.5. The summed E-state index contributed by atoms with van der Waals surface area (Å²) in [7, 11) is 0. The summed E-state index contributed by atoms with van der Waals surface area (Å²) >= 11 is 18.7. The van der Waals surface area contributed by atoms with E-state index in [1.807, 2.05) is 30.5 Å². The van der Waals surface area contributed by atoms with E-state index in [1.54, 1.807) is 12.1 Å². The van der Waals surface area contributed by atoms with E-state index in [9.17, 15) is 0 Å². The van der Waals surface area contributed by atoms with Crippen LogP contribution in [0.4, 0.5) is 11.4 Å². The Balaban J connectivity index is 1.12. The lowest BCUT2D eigenvalue weighted by Crippen LogP contribution is -2.29. The van der Waals surface area contributed by atoms with Crippen LogP contribution in [-0.4, -0.2) is 6.21 Å². The third-order valence-electron chi connectivity index (χ3n) is 7.49. The Bertz CT molecular complexity index is 1580. The van der Waals surface area contributed by atoms with E-state index < -0.39 is 0 Å². The van der Waals surface area contributed by atoms with E-state index in [0.29, 0.717) is 39.3 Å². The maximum atomic E-state index is 6.49. The van der Waals surface area contributed by atoms with Crippen molar-refractivity contribution in [3.63, 3.8) is 0 Å². The van der Waals surface area contributed by atoms with Crippen LogP contribution >= 0.6 is 34.8 Å². The molecule has 1 heterocycles. The maximum absolute atomic E-state index is 6.49. The highest BCUT2D eigenvalue weighted by Crippen LogP contribution is 2.50. The number of nitrogens with zero attached hydrogens (tertiary/aromatic N) is 1. The third kappa shape index (κ3) is 5.58. The number of benzene rings is 4. The fourth-order valence-electron chi connectivity index (χ4n) is 5.47. The molecule has 0 unspecified atom stereocenters. The molecule has 4 aromatic rings. The molecule has 6 heteroatoms. The first-order chi connectivity index (χ1) is 18.9. The van der Waals surface area contributed by atoms with Crippen LogP contribution in [0.1, 0.15) is 46.2 Å². The molecule has 39 heavy (non-hydrogen) atoms. The highest BCUT2D eigenvalue weighted by Gasteiger charge is 2.37. The summed E-state index contributed by atoms with van der Waals surface area (Å²) in [5, 5.41) is 5.47. The molecule has 0 amide bonds. The molecule has 0 aromatic heterocycles. The number of ether oxygens (including phenoxy) is 1. The lowest BCUT2D eigenvalue weighted by molar-refractivity contribution is 0.306. The van der Waals surface area contributed by atoms with Gasteiger partial charge in [0.15, 0.2) is 0 Å². The zero-order chi connectivity index (χ0) is 26.9. The number of aryl methyl sites for hydroxylation is 1. The van der Waals surface area contributed by atoms with Gasteiger partial charge in [-0.25, -0.2) is 0 Å². The summed E-state index contributed by atoms with van der Waals surface area (Å²) in [4.78, 5) is 4.67. The Labute approximate surface area is 244 Å². The van der Waals surface area contributed by atoms with Gasteiger partial charge in [0.2, 0.25) is 0 Å². The number of anilines is 1. The van der Waals surface area contributed by atoms with Gasteiger partial charge in [-0.15, -0.1) is 0 Å². The van der Waals surface area contributed by atoms with Crippen LogP contribution in [0.2, 0.25) is 15.1 Å². The van der Waals surface area contributed by atoms with Gasteiger partial charge in [0.1, 0.15) is 12.4 Å². The molecular weight excluding hydrogens is 547 g/mol. The van der Waals surface area contributed by atoms with Crippen molar-refractivity contribution in [1.29, 1.82) is 0 Å². The van der Waals surface area contributed by atoms with Crippen LogP contribution < -0.4 is 10.1 Å². The lowest BCUT2D eigenvalue weighted by Gasteiger charge is -2.37. The fourth-order valence-corrected chi connectivity index (χ4v) is 6.18. The van der Waals surface area contributed by atoms with Crippen LogP contribution in [0.5, 0.6) is 5.75 Å². The number of fused-ring (bicyclic) bond motifs is 3. The summed E-state index contributed by atoms with van der Waals surface area (Å²) in [6.45, 7) is 2.46. The molecule has 4 aromatic carbocycles. The molecule has 196 valence electrons. The van der Waals surface area contributed by atoms with Crippen molar-refractivity contribution in [2.24, 2.45) is 10.9 Å². The zero-order valence-electron chi connectivity index (χ0n) is 21.4. The number of halogens is 3. The molecule has 0 saturated carbocycles. The molecule has 0 radical (unpaired) electrons. The van der Waals surface area contributed by atoms with E-state index in [2.05, 4.69) is 71.8 Å². The van der Waals surface area contributed by atoms with Crippen molar-refractivity contribution in [3.8, 4) is 5.75 Å². The number of nitrogens with one attached hydrogen (secondary N) is 1. The van der Waals surface area contributed by atoms with Gasteiger partial charge in [0.05, 0.1) is 16.8 Å². The van der Waals surface area contributed by atoms with Crippen molar-refractivity contribution in [1.82, 2.24) is 0 Å². The van der Waals surface area contributed by atoms with Crippen molar-refractivity contribution in [2.45, 2.75) is 31.9 Å². The van der Waals surface area contributed by atoms with E-state index in [4.69, 9.17) is 39.5 Å². The Morgan fingerprint density at radius 3 is 2.56 bits per heavy atom. The maximum Gasteiger partial charge on any atom is 0.138 e. The van der Waals surface area contributed by atoms with Gasteiger partial charge >= 0.3 is 0 Å². The van der Waals surface area contributed by atoms with Crippen molar-refractivity contribution in [2.75, 3.05) is 5.32 Å². The minimum absolute atomic E-state index is 0.271. The first kappa shape index (κ1) is 26.0. The van der Waals surface area contributed by atoms with Crippen LogP contribution in [0.15, 0.2) is 96.0 Å². The summed E-state index contributed by atoms with van der Waals surface area (Å²) in [6.07, 6.45) is 7.61. The molecule has 2 aliphatic rings. The monoisotopic (exact) mass is 572 g/mol. The Morgan fingerprint density at radius 2 is 1.77 bits per heavy atom. The third-order valence-corrected chi connectivity index (χ3v) is 8.37. The molecule has 1 aliphatic heterocycles. The molecule has 1 N–H and O–H groups in total. The van der Waals surface area contributed by atoms with Crippen molar-refractivity contribution in [3.05, 3.63) is 134 Å². The molecule has 0 spiro atoms. The number of allylic oxidation sites excluding steroid dienone is 2. The fraction of sp³-hybridized carbons (Fsp3) is 0.182. The summed E-state index contributed by atoms with van der Waals surface area (Å²) in [5.74, 6) is 1.57. The second kappa shape index (κ2) is 11.1. The lowest BCUT2D eigenvalue weighted by atomic mass is 9.76. The van der Waals surface area contributed by atoms with Crippen molar-refractivity contribution >= 4 is 52.4 Å². The average molecular weight is 574 g/mol. The van der Waals surface area contributed by atoms with Crippen LogP contribution in [0.3, 0.4) is 0 Å². The molecule has 3 nitrogen and oxygen atoms in total. The number of hydrogen-bond acceptors (Lipinski definition) is 3. The molecule has 0 bridgehead atoms. The standard InChI is InChI=1S/C33H27Cl3N2O/c1-20-5-13-31-28(15-20)26-3-2-4-27(26)33(38-31)22-8-11-25(12-9-22)37-18-21-6-14-32(30(36)16-21)39-19-23-7-10-24(34)17-29(23)35/h2-3,5-18,26-27,33,38H,4,19H2,1H3/t26-,27+,33+/m1/s1. The second-order valence-corrected chi connectivity index (χ2v) is 11.4. The van der Waals surface area contributed by atoms with Gasteiger partial charge in [0, 0.05) is 33.4 Å². The van der Waals surface area contributed by atoms with Gasteiger partial charge in [-0.05, 0) is 84.5 Å². The molecule has 0 saturated heterocycles. The van der Waals surface area contributed by atoms with Crippen LogP contribution in [0.25, 0.3) is 0 Å².